The second-order valence-corrected chi connectivity index (χ2v) is 3.64. The maximum absolute atomic E-state index is 12.3. The molecule has 0 radical (unpaired) electrons. The number of esters is 1. The number of methoxy groups -OCH3 is 1. The minimum atomic E-state index is -5.00. The van der Waals surface area contributed by atoms with Gasteiger partial charge in [0.15, 0.2) is 0 Å². The van der Waals surface area contributed by atoms with Gasteiger partial charge >= 0.3 is 12.9 Å². The van der Waals surface area contributed by atoms with Gasteiger partial charge in [-0.3, -0.25) is 0 Å². The average Bonchev–Trinajstić information content (AvgIpc) is 2.17. The lowest BCUT2D eigenvalue weighted by molar-refractivity contribution is 0.0600. The van der Waals surface area contributed by atoms with Crippen LogP contribution < -0.4 is 0 Å². The van der Waals surface area contributed by atoms with E-state index in [0.29, 0.717) is 0 Å². The molecule has 0 aromatic heterocycles. The summed E-state index contributed by atoms with van der Waals surface area (Å²) in [5, 5.41) is 0.193. The molecule has 0 spiro atoms. The molecule has 1 aromatic carbocycles. The molecule has 88 valence electrons. The van der Waals surface area contributed by atoms with Crippen LogP contribution >= 0.6 is 11.6 Å². The van der Waals surface area contributed by atoms with E-state index in [4.69, 9.17) is 11.6 Å². The quantitative estimate of drug-likeness (QED) is 0.609. The fourth-order valence-electron chi connectivity index (χ4n) is 1.28. The predicted molar refractivity (Wildman–Crippen MR) is 55.6 cm³/mol. The molecule has 0 aliphatic carbocycles. The zero-order chi connectivity index (χ0) is 12.3. The summed E-state index contributed by atoms with van der Waals surface area (Å²) in [6.45, 7) is -5.00. The van der Waals surface area contributed by atoms with E-state index in [1.165, 1.54) is 18.2 Å². The smallest absolute Gasteiger partial charge is 0.465 e. The van der Waals surface area contributed by atoms with E-state index < -0.39 is 19.3 Å². The van der Waals surface area contributed by atoms with Gasteiger partial charge in [-0.15, -0.1) is 0 Å². The van der Waals surface area contributed by atoms with Crippen molar-refractivity contribution in [2.75, 3.05) is 7.11 Å². The van der Waals surface area contributed by atoms with Gasteiger partial charge < -0.3 is 17.7 Å². The molecule has 0 amide bonds. The van der Waals surface area contributed by atoms with Crippen LogP contribution in [0.3, 0.4) is 0 Å². The Labute approximate surface area is 95.4 Å². The Balaban J connectivity index is 3.13. The van der Waals surface area contributed by atoms with E-state index >= 15 is 0 Å². The molecule has 0 saturated heterocycles. The maximum atomic E-state index is 12.3. The van der Waals surface area contributed by atoms with Crippen LogP contribution in [0.2, 0.25) is 5.02 Å². The summed E-state index contributed by atoms with van der Waals surface area (Å²) in [6, 6.07) is 3.67. The number of benzene rings is 1. The topological polar surface area (TPSA) is 26.3 Å². The lowest BCUT2D eigenvalue weighted by atomic mass is 9.80. The van der Waals surface area contributed by atoms with Crippen LogP contribution in [0.4, 0.5) is 12.9 Å². The first kappa shape index (κ1) is 12.9. The molecular formula is C9H8BClF3O2-. The molecule has 0 aliphatic heterocycles. The van der Waals surface area contributed by atoms with Crippen LogP contribution in [0.5, 0.6) is 0 Å². The SMILES string of the molecule is COC(=O)c1cc(Cl)ccc1C[B-](F)(F)F. The van der Waals surface area contributed by atoms with Crippen molar-refractivity contribution >= 4 is 24.5 Å². The van der Waals surface area contributed by atoms with Crippen molar-refractivity contribution in [1.82, 2.24) is 0 Å². The number of hydrogen-bond acceptors (Lipinski definition) is 2. The molecule has 0 bridgehead atoms. The number of ether oxygens (including phenoxy) is 1. The van der Waals surface area contributed by atoms with E-state index in [0.717, 1.165) is 7.11 Å². The average molecular weight is 251 g/mol. The van der Waals surface area contributed by atoms with Crippen LogP contribution in [-0.4, -0.2) is 20.1 Å². The minimum absolute atomic E-state index is 0.122. The number of rotatable bonds is 3. The van der Waals surface area contributed by atoms with E-state index in [9.17, 15) is 17.7 Å². The van der Waals surface area contributed by atoms with Crippen LogP contribution in [0.1, 0.15) is 15.9 Å². The van der Waals surface area contributed by atoms with E-state index in [-0.39, 0.29) is 16.1 Å². The van der Waals surface area contributed by atoms with Gasteiger partial charge in [0.2, 0.25) is 0 Å². The van der Waals surface area contributed by atoms with Crippen molar-refractivity contribution in [3.8, 4) is 0 Å². The Kier molecular flexibility index (Phi) is 3.85. The standard InChI is InChI=1S/C9H8BClF3O2/c1-16-9(15)8-4-7(11)3-2-6(8)5-10(12,13)14/h2-4H,5H2,1H3/q-1. The maximum Gasteiger partial charge on any atom is 0.482 e. The van der Waals surface area contributed by atoms with Gasteiger partial charge in [-0.1, -0.05) is 29.6 Å². The molecular weight excluding hydrogens is 243 g/mol. The van der Waals surface area contributed by atoms with Gasteiger partial charge in [0, 0.05) is 5.02 Å². The van der Waals surface area contributed by atoms with E-state index in [1.807, 2.05) is 0 Å². The molecule has 0 aliphatic rings. The summed E-state index contributed by atoms with van der Waals surface area (Å²) in [5.74, 6) is -0.822. The fourth-order valence-corrected chi connectivity index (χ4v) is 1.45. The minimum Gasteiger partial charge on any atom is -0.465 e. The lowest BCUT2D eigenvalue weighted by Gasteiger charge is -2.16. The van der Waals surface area contributed by atoms with Gasteiger partial charge in [0.25, 0.3) is 0 Å². The molecule has 1 aromatic rings. The van der Waals surface area contributed by atoms with Crippen molar-refractivity contribution in [3.63, 3.8) is 0 Å². The second kappa shape index (κ2) is 4.78. The predicted octanol–water partition coefficient (Wildman–Crippen LogP) is 3.06. The lowest BCUT2D eigenvalue weighted by Crippen LogP contribution is -2.21. The number of hydrogen-bond donors (Lipinski definition) is 0. The zero-order valence-corrected chi connectivity index (χ0v) is 9.10. The summed E-state index contributed by atoms with van der Waals surface area (Å²) in [5.41, 5.74) is -0.266. The van der Waals surface area contributed by atoms with Crippen molar-refractivity contribution in [2.24, 2.45) is 0 Å². The Morgan fingerprint density at radius 3 is 2.56 bits per heavy atom. The first-order valence-electron chi connectivity index (χ1n) is 4.41. The Bertz CT molecular complexity index is 406. The third-order valence-corrected chi connectivity index (χ3v) is 2.16. The third-order valence-electron chi connectivity index (χ3n) is 1.93. The molecule has 16 heavy (non-hydrogen) atoms. The third kappa shape index (κ3) is 3.45. The van der Waals surface area contributed by atoms with E-state index in [2.05, 4.69) is 4.74 Å². The van der Waals surface area contributed by atoms with Gasteiger partial charge in [-0.25, -0.2) is 4.79 Å². The molecule has 0 fully saturated rings. The first-order valence-corrected chi connectivity index (χ1v) is 4.79. The highest BCUT2D eigenvalue weighted by Gasteiger charge is 2.26. The van der Waals surface area contributed by atoms with Gasteiger partial charge in [-0.2, -0.15) is 0 Å². The Morgan fingerprint density at radius 1 is 1.44 bits per heavy atom. The monoisotopic (exact) mass is 251 g/mol. The van der Waals surface area contributed by atoms with Gasteiger partial charge in [-0.05, 0) is 12.1 Å². The molecule has 0 saturated carbocycles. The summed E-state index contributed by atoms with van der Waals surface area (Å²) < 4.78 is 41.2. The van der Waals surface area contributed by atoms with Crippen molar-refractivity contribution < 1.29 is 22.5 Å². The summed E-state index contributed by atoms with van der Waals surface area (Å²) >= 11 is 5.61. The molecule has 0 unspecified atom stereocenters. The highest BCUT2D eigenvalue weighted by molar-refractivity contribution is 6.58. The van der Waals surface area contributed by atoms with Gasteiger partial charge in [0.1, 0.15) is 0 Å². The van der Waals surface area contributed by atoms with Crippen LogP contribution in [0.15, 0.2) is 18.2 Å². The van der Waals surface area contributed by atoms with Crippen molar-refractivity contribution in [2.45, 2.75) is 6.32 Å². The molecule has 1 rings (SSSR count). The largest absolute Gasteiger partial charge is 0.482 e. The second-order valence-electron chi connectivity index (χ2n) is 3.21. The van der Waals surface area contributed by atoms with Crippen molar-refractivity contribution in [1.29, 1.82) is 0 Å². The number of carbonyl (C=O) groups excluding carboxylic acids is 1. The zero-order valence-electron chi connectivity index (χ0n) is 8.34. The van der Waals surface area contributed by atoms with Gasteiger partial charge in [0.05, 0.1) is 12.7 Å². The Hall–Kier alpha value is -1.17. The molecule has 2 nitrogen and oxygen atoms in total. The molecule has 0 atom stereocenters. The first-order chi connectivity index (χ1) is 7.33. The van der Waals surface area contributed by atoms with E-state index in [1.54, 1.807) is 0 Å². The normalized spacial score (nSPS) is 11.3. The molecule has 7 heteroatoms. The molecule has 0 heterocycles. The highest BCUT2D eigenvalue weighted by Crippen LogP contribution is 2.22. The number of carbonyl (C=O) groups is 1. The summed E-state index contributed by atoms with van der Waals surface area (Å²) in [7, 11) is 1.10. The summed E-state index contributed by atoms with van der Waals surface area (Å²) in [6.07, 6.45) is -1.12. The van der Waals surface area contributed by atoms with Crippen molar-refractivity contribution in [3.05, 3.63) is 34.3 Å². The Morgan fingerprint density at radius 2 is 2.06 bits per heavy atom. The number of halogens is 4. The summed E-state index contributed by atoms with van der Waals surface area (Å²) in [4.78, 5) is 11.2. The van der Waals surface area contributed by atoms with Crippen LogP contribution in [0.25, 0.3) is 0 Å². The highest BCUT2D eigenvalue weighted by atomic mass is 35.5. The molecule has 0 N–H and O–H groups in total. The fraction of sp³-hybridized carbons (Fsp3) is 0.222. The van der Waals surface area contributed by atoms with Crippen LogP contribution in [0, 0.1) is 0 Å². The van der Waals surface area contributed by atoms with Crippen LogP contribution in [-0.2, 0) is 11.1 Å².